The third-order valence-corrected chi connectivity index (χ3v) is 1.09. The van der Waals surface area contributed by atoms with Crippen molar-refractivity contribution in [2.75, 3.05) is 7.05 Å². The molecule has 9 heavy (non-hydrogen) atoms. The van der Waals surface area contributed by atoms with Crippen LogP contribution in [0.25, 0.3) is 0 Å². The van der Waals surface area contributed by atoms with E-state index in [0.29, 0.717) is 12.3 Å². The predicted molar refractivity (Wildman–Crippen MR) is 35.3 cm³/mol. The number of aliphatic imine (C=N–C) groups is 1. The summed E-state index contributed by atoms with van der Waals surface area (Å²) in [6.45, 7) is 0. The number of nitrogens with one attached hydrogen (secondary N) is 1. The van der Waals surface area contributed by atoms with Gasteiger partial charge in [0.2, 0.25) is 5.91 Å². The van der Waals surface area contributed by atoms with Crippen LogP contribution in [0.2, 0.25) is 0 Å². The zero-order valence-corrected chi connectivity index (χ0v) is 5.22. The highest BCUT2D eigenvalue weighted by Crippen LogP contribution is 1.91. The van der Waals surface area contributed by atoms with Gasteiger partial charge in [0, 0.05) is 13.5 Å². The second-order valence-electron chi connectivity index (χ2n) is 1.76. The first-order valence-corrected chi connectivity index (χ1v) is 2.76. The summed E-state index contributed by atoms with van der Waals surface area (Å²) in [5, 5.41) is 2.59. The van der Waals surface area contributed by atoms with E-state index in [0.717, 1.165) is 0 Å². The Hall–Kier alpha value is -1.12. The van der Waals surface area contributed by atoms with Crippen molar-refractivity contribution in [1.29, 1.82) is 0 Å². The van der Waals surface area contributed by atoms with Crippen LogP contribution in [0.5, 0.6) is 0 Å². The normalized spacial score (nSPS) is 22.3. The van der Waals surface area contributed by atoms with Gasteiger partial charge in [0.25, 0.3) is 0 Å². The highest BCUT2D eigenvalue weighted by Gasteiger charge is 2.04. The van der Waals surface area contributed by atoms with Crippen LogP contribution in [0.1, 0.15) is 6.42 Å². The first kappa shape index (κ1) is 6.01. The zero-order valence-electron chi connectivity index (χ0n) is 5.22. The molecule has 0 aliphatic carbocycles. The Morgan fingerprint density at radius 3 is 3.00 bits per heavy atom. The minimum absolute atomic E-state index is 0.0121. The van der Waals surface area contributed by atoms with Crippen molar-refractivity contribution in [1.82, 2.24) is 5.32 Å². The fourth-order valence-corrected chi connectivity index (χ4v) is 0.644. The van der Waals surface area contributed by atoms with Crippen molar-refractivity contribution < 1.29 is 4.79 Å². The van der Waals surface area contributed by atoms with Gasteiger partial charge in [0.05, 0.1) is 0 Å². The molecule has 1 rings (SSSR count). The molecule has 0 fully saturated rings. The molecule has 3 nitrogen and oxygen atoms in total. The molecule has 48 valence electrons. The SMILES string of the molecule is CN=C1C=CCC(=O)N1. The number of carbonyl (C=O) groups excluding carboxylic acids is 1. The average Bonchev–Trinajstić information content (AvgIpc) is 1.88. The summed E-state index contributed by atoms with van der Waals surface area (Å²) in [6, 6.07) is 0. The molecule has 1 heterocycles. The fourth-order valence-electron chi connectivity index (χ4n) is 0.644. The van der Waals surface area contributed by atoms with Crippen molar-refractivity contribution in [3.8, 4) is 0 Å². The van der Waals surface area contributed by atoms with Crippen molar-refractivity contribution in [2.45, 2.75) is 6.42 Å². The lowest BCUT2D eigenvalue weighted by atomic mass is 10.3. The van der Waals surface area contributed by atoms with Gasteiger partial charge in [-0.2, -0.15) is 0 Å². The molecule has 1 amide bonds. The lowest BCUT2D eigenvalue weighted by Gasteiger charge is -2.05. The second-order valence-corrected chi connectivity index (χ2v) is 1.76. The molecule has 0 bridgehead atoms. The topological polar surface area (TPSA) is 41.5 Å². The molecule has 1 aliphatic rings. The summed E-state index contributed by atoms with van der Waals surface area (Å²) in [6.07, 6.45) is 4.06. The van der Waals surface area contributed by atoms with Crippen molar-refractivity contribution >= 4 is 11.7 Å². The van der Waals surface area contributed by atoms with Crippen LogP contribution in [-0.4, -0.2) is 18.8 Å². The molecule has 0 atom stereocenters. The number of hydrogen-bond donors (Lipinski definition) is 1. The van der Waals surface area contributed by atoms with Gasteiger partial charge in [-0.05, 0) is 6.08 Å². The molecule has 0 aromatic heterocycles. The van der Waals surface area contributed by atoms with Gasteiger partial charge < -0.3 is 5.32 Å². The molecular weight excluding hydrogens is 116 g/mol. The lowest BCUT2D eigenvalue weighted by molar-refractivity contribution is -0.118. The average molecular weight is 124 g/mol. The smallest absolute Gasteiger partial charge is 0.229 e. The Kier molecular flexibility index (Phi) is 1.63. The number of rotatable bonds is 0. The highest BCUT2D eigenvalue weighted by molar-refractivity contribution is 6.07. The number of amides is 1. The minimum atomic E-state index is 0.0121. The fraction of sp³-hybridized carbons (Fsp3) is 0.333. The van der Waals surface area contributed by atoms with E-state index in [1.165, 1.54) is 0 Å². The van der Waals surface area contributed by atoms with E-state index in [4.69, 9.17) is 0 Å². The van der Waals surface area contributed by atoms with E-state index in [9.17, 15) is 4.79 Å². The van der Waals surface area contributed by atoms with Crippen LogP contribution in [0.3, 0.4) is 0 Å². The Balaban J connectivity index is 2.71. The third kappa shape index (κ3) is 1.38. The molecule has 0 aromatic rings. The number of hydrogen-bond acceptors (Lipinski definition) is 2. The molecule has 0 saturated heterocycles. The Morgan fingerprint density at radius 1 is 1.78 bits per heavy atom. The third-order valence-electron chi connectivity index (χ3n) is 1.09. The number of nitrogens with zero attached hydrogens (tertiary/aromatic N) is 1. The quantitative estimate of drug-likeness (QED) is 0.488. The minimum Gasteiger partial charge on any atom is -0.311 e. The van der Waals surface area contributed by atoms with Gasteiger partial charge in [-0.25, -0.2) is 0 Å². The largest absolute Gasteiger partial charge is 0.311 e. The molecule has 0 saturated carbocycles. The molecule has 0 spiro atoms. The van der Waals surface area contributed by atoms with Crippen LogP contribution in [0, 0.1) is 0 Å². The zero-order chi connectivity index (χ0) is 6.69. The van der Waals surface area contributed by atoms with Crippen LogP contribution in [0.15, 0.2) is 17.1 Å². The Morgan fingerprint density at radius 2 is 2.56 bits per heavy atom. The van der Waals surface area contributed by atoms with Gasteiger partial charge in [0.15, 0.2) is 0 Å². The first-order valence-electron chi connectivity index (χ1n) is 2.76. The summed E-state index contributed by atoms with van der Waals surface area (Å²) < 4.78 is 0. The maximum atomic E-state index is 10.6. The van der Waals surface area contributed by atoms with Gasteiger partial charge in [-0.1, -0.05) is 6.08 Å². The highest BCUT2D eigenvalue weighted by atomic mass is 16.1. The van der Waals surface area contributed by atoms with Crippen LogP contribution in [0.4, 0.5) is 0 Å². The Bertz CT molecular complexity index is 181. The standard InChI is InChI=1S/C6H8N2O/c1-7-5-3-2-4-6(9)8-5/h2-3H,4H2,1H3,(H,7,8,9). The van der Waals surface area contributed by atoms with Gasteiger partial charge in [-0.15, -0.1) is 0 Å². The molecule has 1 N–H and O–H groups in total. The second kappa shape index (κ2) is 2.44. The van der Waals surface area contributed by atoms with E-state index >= 15 is 0 Å². The number of carbonyl (C=O) groups is 1. The lowest BCUT2D eigenvalue weighted by Crippen LogP contribution is -2.31. The summed E-state index contributed by atoms with van der Waals surface area (Å²) in [7, 11) is 1.64. The first-order chi connectivity index (χ1) is 4.33. The van der Waals surface area contributed by atoms with E-state index in [-0.39, 0.29) is 5.91 Å². The molecule has 1 aliphatic heterocycles. The monoisotopic (exact) mass is 124 g/mol. The van der Waals surface area contributed by atoms with Crippen molar-refractivity contribution in [3.05, 3.63) is 12.2 Å². The van der Waals surface area contributed by atoms with Crippen molar-refractivity contribution in [3.63, 3.8) is 0 Å². The summed E-state index contributed by atoms with van der Waals surface area (Å²) >= 11 is 0. The van der Waals surface area contributed by atoms with E-state index in [1.807, 2.05) is 0 Å². The van der Waals surface area contributed by atoms with E-state index < -0.39 is 0 Å². The van der Waals surface area contributed by atoms with Gasteiger partial charge in [-0.3, -0.25) is 9.79 Å². The van der Waals surface area contributed by atoms with E-state index in [2.05, 4.69) is 10.3 Å². The molecule has 0 aromatic carbocycles. The molecule has 0 unspecified atom stereocenters. The summed E-state index contributed by atoms with van der Waals surface area (Å²) in [5.74, 6) is 0.657. The Labute approximate surface area is 53.5 Å². The summed E-state index contributed by atoms with van der Waals surface area (Å²) in [5.41, 5.74) is 0. The molecule has 0 radical (unpaired) electrons. The van der Waals surface area contributed by atoms with E-state index in [1.54, 1.807) is 19.2 Å². The number of amidine groups is 1. The molecular formula is C6H8N2O. The van der Waals surface area contributed by atoms with Crippen LogP contribution < -0.4 is 5.32 Å². The molecule has 3 heteroatoms. The maximum absolute atomic E-state index is 10.6. The van der Waals surface area contributed by atoms with Crippen LogP contribution >= 0.6 is 0 Å². The summed E-state index contributed by atoms with van der Waals surface area (Å²) in [4.78, 5) is 14.4. The predicted octanol–water partition coefficient (Wildman–Crippen LogP) is 0.0908. The van der Waals surface area contributed by atoms with Gasteiger partial charge >= 0.3 is 0 Å². The maximum Gasteiger partial charge on any atom is 0.229 e. The van der Waals surface area contributed by atoms with Crippen LogP contribution in [-0.2, 0) is 4.79 Å². The van der Waals surface area contributed by atoms with Crippen molar-refractivity contribution in [2.24, 2.45) is 4.99 Å². The van der Waals surface area contributed by atoms with Gasteiger partial charge in [0.1, 0.15) is 5.84 Å².